The Hall–Kier alpha value is -1.42. The predicted octanol–water partition coefficient (Wildman–Crippen LogP) is 4.63. The van der Waals surface area contributed by atoms with Crippen molar-refractivity contribution in [2.24, 2.45) is 0 Å². The van der Waals surface area contributed by atoms with Crippen LogP contribution in [0.15, 0.2) is 42.5 Å². The summed E-state index contributed by atoms with van der Waals surface area (Å²) >= 11 is 12.0. The Bertz CT molecular complexity index is 590. The molecule has 5 heteroatoms. The van der Waals surface area contributed by atoms with Gasteiger partial charge in [-0.2, -0.15) is 0 Å². The van der Waals surface area contributed by atoms with Crippen molar-refractivity contribution in [3.63, 3.8) is 0 Å². The first-order chi connectivity index (χ1) is 10.2. The minimum absolute atomic E-state index is 0.531. The maximum Gasteiger partial charge on any atom is 0.121 e. The van der Waals surface area contributed by atoms with E-state index in [4.69, 9.17) is 32.7 Å². The molecule has 0 aliphatic rings. The zero-order valence-corrected chi connectivity index (χ0v) is 13.2. The van der Waals surface area contributed by atoms with Gasteiger partial charge >= 0.3 is 0 Å². The number of hydrogen-bond donors (Lipinski definition) is 1. The standard InChI is InChI=1S/C16H17Cl2NO2/c1-20-7-8-21-15-4-2-3-14(10-15)19-11-12-5-6-13(17)9-16(12)18/h2-6,9-10,19H,7-8,11H2,1H3. The summed E-state index contributed by atoms with van der Waals surface area (Å²) < 4.78 is 10.5. The molecule has 0 fully saturated rings. The lowest BCUT2D eigenvalue weighted by Gasteiger charge is -2.11. The average Bonchev–Trinajstić information content (AvgIpc) is 2.47. The second-order valence-corrected chi connectivity index (χ2v) is 5.30. The molecule has 0 saturated carbocycles. The largest absolute Gasteiger partial charge is 0.491 e. The first kappa shape index (κ1) is 16.0. The van der Waals surface area contributed by atoms with E-state index in [1.807, 2.05) is 36.4 Å². The Morgan fingerprint density at radius 1 is 1.05 bits per heavy atom. The van der Waals surface area contributed by atoms with Gasteiger partial charge in [0.1, 0.15) is 12.4 Å². The van der Waals surface area contributed by atoms with Crippen LogP contribution in [-0.2, 0) is 11.3 Å². The molecule has 0 aliphatic carbocycles. The van der Waals surface area contributed by atoms with E-state index >= 15 is 0 Å². The van der Waals surface area contributed by atoms with Crippen molar-refractivity contribution in [1.29, 1.82) is 0 Å². The summed E-state index contributed by atoms with van der Waals surface area (Å²) in [4.78, 5) is 0. The molecule has 21 heavy (non-hydrogen) atoms. The van der Waals surface area contributed by atoms with Gasteiger partial charge in [-0.15, -0.1) is 0 Å². The van der Waals surface area contributed by atoms with Crippen LogP contribution in [0, 0.1) is 0 Å². The number of nitrogens with one attached hydrogen (secondary N) is 1. The Balaban J connectivity index is 1.95. The molecule has 2 rings (SSSR count). The first-order valence-corrected chi connectivity index (χ1v) is 7.34. The van der Waals surface area contributed by atoms with E-state index < -0.39 is 0 Å². The highest BCUT2D eigenvalue weighted by Gasteiger charge is 2.02. The molecule has 0 spiro atoms. The monoisotopic (exact) mass is 325 g/mol. The smallest absolute Gasteiger partial charge is 0.121 e. The molecule has 0 unspecified atom stereocenters. The molecule has 2 aromatic rings. The lowest BCUT2D eigenvalue weighted by atomic mass is 10.2. The van der Waals surface area contributed by atoms with Gasteiger partial charge in [-0.3, -0.25) is 0 Å². The highest BCUT2D eigenvalue weighted by atomic mass is 35.5. The van der Waals surface area contributed by atoms with Crippen LogP contribution < -0.4 is 10.1 Å². The van der Waals surface area contributed by atoms with Gasteiger partial charge in [0.2, 0.25) is 0 Å². The van der Waals surface area contributed by atoms with Crippen molar-refractivity contribution >= 4 is 28.9 Å². The Kier molecular flexibility index (Phi) is 6.18. The summed E-state index contributed by atoms with van der Waals surface area (Å²) in [5.41, 5.74) is 1.96. The van der Waals surface area contributed by atoms with Crippen LogP contribution >= 0.6 is 23.2 Å². The number of hydrogen-bond acceptors (Lipinski definition) is 3. The molecule has 0 amide bonds. The molecule has 3 nitrogen and oxygen atoms in total. The van der Waals surface area contributed by atoms with E-state index in [1.165, 1.54) is 0 Å². The molecule has 0 aromatic heterocycles. The summed E-state index contributed by atoms with van der Waals surface area (Å²) in [6.07, 6.45) is 0. The minimum Gasteiger partial charge on any atom is -0.491 e. The third-order valence-electron chi connectivity index (χ3n) is 2.89. The van der Waals surface area contributed by atoms with E-state index in [0.29, 0.717) is 29.8 Å². The van der Waals surface area contributed by atoms with Crippen LogP contribution in [0.5, 0.6) is 5.75 Å². The van der Waals surface area contributed by atoms with E-state index in [1.54, 1.807) is 13.2 Å². The van der Waals surface area contributed by atoms with Gasteiger partial charge in [-0.25, -0.2) is 0 Å². The number of halogens is 2. The molecular formula is C16H17Cl2NO2. The van der Waals surface area contributed by atoms with Gasteiger partial charge in [-0.1, -0.05) is 35.3 Å². The van der Waals surface area contributed by atoms with Crippen molar-refractivity contribution in [2.45, 2.75) is 6.54 Å². The highest BCUT2D eigenvalue weighted by molar-refractivity contribution is 6.35. The molecule has 0 saturated heterocycles. The molecule has 2 aromatic carbocycles. The zero-order valence-electron chi connectivity index (χ0n) is 11.7. The quantitative estimate of drug-likeness (QED) is 0.753. The molecule has 0 heterocycles. The van der Waals surface area contributed by atoms with E-state index in [0.717, 1.165) is 17.0 Å². The topological polar surface area (TPSA) is 30.5 Å². The number of ether oxygens (including phenoxy) is 2. The van der Waals surface area contributed by atoms with Crippen LogP contribution in [-0.4, -0.2) is 20.3 Å². The molecule has 0 radical (unpaired) electrons. The van der Waals surface area contributed by atoms with Crippen LogP contribution in [0.25, 0.3) is 0 Å². The third-order valence-corrected chi connectivity index (χ3v) is 3.48. The van der Waals surface area contributed by atoms with Gasteiger partial charge in [0.25, 0.3) is 0 Å². The average molecular weight is 326 g/mol. The van der Waals surface area contributed by atoms with Crippen LogP contribution in [0.2, 0.25) is 10.0 Å². The van der Waals surface area contributed by atoms with Crippen molar-refractivity contribution in [3.8, 4) is 5.75 Å². The lowest BCUT2D eigenvalue weighted by Crippen LogP contribution is -2.05. The normalized spacial score (nSPS) is 10.4. The number of methoxy groups -OCH3 is 1. The van der Waals surface area contributed by atoms with Gasteiger partial charge in [0.05, 0.1) is 6.61 Å². The minimum atomic E-state index is 0.531. The summed E-state index contributed by atoms with van der Waals surface area (Å²) in [5, 5.41) is 4.60. The second-order valence-electron chi connectivity index (χ2n) is 4.46. The van der Waals surface area contributed by atoms with Crippen molar-refractivity contribution in [1.82, 2.24) is 0 Å². The fraction of sp³-hybridized carbons (Fsp3) is 0.250. The molecule has 1 N–H and O–H groups in total. The van der Waals surface area contributed by atoms with Gasteiger partial charge < -0.3 is 14.8 Å². The van der Waals surface area contributed by atoms with Crippen LogP contribution in [0.4, 0.5) is 5.69 Å². The number of rotatable bonds is 7. The van der Waals surface area contributed by atoms with Crippen LogP contribution in [0.1, 0.15) is 5.56 Å². The summed E-state index contributed by atoms with van der Waals surface area (Å²) in [5.74, 6) is 0.805. The fourth-order valence-electron chi connectivity index (χ4n) is 1.80. The zero-order chi connectivity index (χ0) is 15.1. The SMILES string of the molecule is COCCOc1cccc(NCc2ccc(Cl)cc2Cl)c1. The molecular weight excluding hydrogens is 309 g/mol. The predicted molar refractivity (Wildman–Crippen MR) is 87.6 cm³/mol. The lowest BCUT2D eigenvalue weighted by molar-refractivity contribution is 0.146. The van der Waals surface area contributed by atoms with Gasteiger partial charge in [0, 0.05) is 35.5 Å². The maximum atomic E-state index is 6.15. The Morgan fingerprint density at radius 3 is 2.67 bits per heavy atom. The second kappa shape index (κ2) is 8.13. The molecule has 0 aliphatic heterocycles. The fourth-order valence-corrected chi connectivity index (χ4v) is 2.28. The first-order valence-electron chi connectivity index (χ1n) is 6.58. The highest BCUT2D eigenvalue weighted by Crippen LogP contribution is 2.23. The molecule has 0 bridgehead atoms. The van der Waals surface area contributed by atoms with E-state index in [9.17, 15) is 0 Å². The third kappa shape index (κ3) is 5.12. The maximum absolute atomic E-state index is 6.15. The van der Waals surface area contributed by atoms with Crippen LogP contribution in [0.3, 0.4) is 0 Å². The van der Waals surface area contributed by atoms with Gasteiger partial charge in [0.15, 0.2) is 0 Å². The van der Waals surface area contributed by atoms with Crippen molar-refractivity contribution in [2.75, 3.05) is 25.6 Å². The van der Waals surface area contributed by atoms with E-state index in [2.05, 4.69) is 5.32 Å². The Morgan fingerprint density at radius 2 is 1.90 bits per heavy atom. The number of anilines is 1. The van der Waals surface area contributed by atoms with Crippen molar-refractivity contribution < 1.29 is 9.47 Å². The molecule has 0 atom stereocenters. The van der Waals surface area contributed by atoms with E-state index in [-0.39, 0.29) is 0 Å². The van der Waals surface area contributed by atoms with Crippen molar-refractivity contribution in [3.05, 3.63) is 58.1 Å². The number of benzene rings is 2. The summed E-state index contributed by atoms with van der Waals surface area (Å²) in [7, 11) is 1.65. The Labute approximate surface area is 134 Å². The van der Waals surface area contributed by atoms with Gasteiger partial charge in [-0.05, 0) is 29.8 Å². The summed E-state index contributed by atoms with van der Waals surface area (Å²) in [6, 6.07) is 13.3. The summed E-state index contributed by atoms with van der Waals surface area (Å²) in [6.45, 7) is 1.72. The molecule has 112 valence electrons.